The standard InChI is InChI=1S/C16H19N3O2/c1-18(21)16(20)17-19(12-14-8-4-2-5-9-14)13-15-10-6-3-7-11-15/h2-11,21H,12-13H2,1H3,(H,17,20). The number of benzene rings is 2. The smallest absolute Gasteiger partial charge is 0.285 e. The van der Waals surface area contributed by atoms with Crippen LogP contribution in [-0.2, 0) is 13.1 Å². The average Bonchev–Trinajstić information content (AvgIpc) is 2.49. The van der Waals surface area contributed by atoms with Crippen molar-refractivity contribution in [3.63, 3.8) is 0 Å². The Labute approximate surface area is 124 Å². The SMILES string of the molecule is CN(O)C(=O)NN(Cc1ccccc1)Cc1ccccc1. The molecule has 2 amide bonds. The molecule has 2 aromatic rings. The van der Waals surface area contributed by atoms with Gasteiger partial charge in [0.2, 0.25) is 0 Å². The number of amides is 2. The lowest BCUT2D eigenvalue weighted by atomic mass is 10.2. The number of rotatable bonds is 5. The minimum atomic E-state index is -0.568. The molecule has 0 aliphatic heterocycles. The predicted molar refractivity (Wildman–Crippen MR) is 80.2 cm³/mol. The monoisotopic (exact) mass is 285 g/mol. The lowest BCUT2D eigenvalue weighted by Gasteiger charge is -2.24. The summed E-state index contributed by atoms with van der Waals surface area (Å²) in [7, 11) is 1.29. The Morgan fingerprint density at radius 2 is 1.38 bits per heavy atom. The molecule has 2 aromatic carbocycles. The molecule has 21 heavy (non-hydrogen) atoms. The van der Waals surface area contributed by atoms with E-state index in [1.54, 1.807) is 5.01 Å². The van der Waals surface area contributed by atoms with E-state index in [1.165, 1.54) is 7.05 Å². The van der Waals surface area contributed by atoms with Crippen molar-refractivity contribution >= 4 is 6.03 Å². The Bertz CT molecular complexity index is 517. The topological polar surface area (TPSA) is 55.8 Å². The van der Waals surface area contributed by atoms with E-state index in [0.717, 1.165) is 11.1 Å². The van der Waals surface area contributed by atoms with Gasteiger partial charge in [0.15, 0.2) is 0 Å². The molecule has 0 saturated heterocycles. The van der Waals surface area contributed by atoms with Crippen LogP contribution in [0.2, 0.25) is 0 Å². The molecule has 0 heterocycles. The van der Waals surface area contributed by atoms with Gasteiger partial charge in [-0.05, 0) is 11.1 Å². The Morgan fingerprint density at radius 3 is 1.76 bits per heavy atom. The summed E-state index contributed by atoms with van der Waals surface area (Å²) in [5, 5.41) is 11.5. The Balaban J connectivity index is 2.08. The first-order chi connectivity index (χ1) is 10.1. The average molecular weight is 285 g/mol. The van der Waals surface area contributed by atoms with Crippen LogP contribution in [0.15, 0.2) is 60.7 Å². The summed E-state index contributed by atoms with van der Waals surface area (Å²) in [6.45, 7) is 1.10. The zero-order valence-electron chi connectivity index (χ0n) is 11.9. The summed E-state index contributed by atoms with van der Waals surface area (Å²) in [6.07, 6.45) is 0. The number of nitrogens with one attached hydrogen (secondary N) is 1. The van der Waals surface area contributed by atoms with Gasteiger partial charge in [-0.1, -0.05) is 60.7 Å². The molecule has 0 atom stereocenters. The van der Waals surface area contributed by atoms with Gasteiger partial charge < -0.3 is 0 Å². The number of hydrazine groups is 1. The molecule has 110 valence electrons. The maximum Gasteiger partial charge on any atom is 0.355 e. The van der Waals surface area contributed by atoms with Crippen LogP contribution in [0.4, 0.5) is 4.79 Å². The zero-order valence-corrected chi connectivity index (χ0v) is 11.9. The maximum atomic E-state index is 11.7. The van der Waals surface area contributed by atoms with E-state index < -0.39 is 6.03 Å². The van der Waals surface area contributed by atoms with E-state index in [9.17, 15) is 10.0 Å². The van der Waals surface area contributed by atoms with Crippen molar-refractivity contribution in [3.05, 3.63) is 71.8 Å². The van der Waals surface area contributed by atoms with Crippen LogP contribution in [0.25, 0.3) is 0 Å². The fourth-order valence-corrected chi connectivity index (χ4v) is 1.95. The number of carbonyl (C=O) groups is 1. The quantitative estimate of drug-likeness (QED) is 0.656. The molecule has 5 heteroatoms. The molecule has 0 fully saturated rings. The summed E-state index contributed by atoms with van der Waals surface area (Å²) in [6, 6.07) is 19.1. The van der Waals surface area contributed by atoms with Crippen molar-refractivity contribution in [1.29, 1.82) is 0 Å². The molecule has 0 bridgehead atoms. The van der Waals surface area contributed by atoms with Gasteiger partial charge in [0.1, 0.15) is 0 Å². The van der Waals surface area contributed by atoms with Crippen LogP contribution >= 0.6 is 0 Å². The predicted octanol–water partition coefficient (Wildman–Crippen LogP) is 2.63. The summed E-state index contributed by atoms with van der Waals surface area (Å²) in [5.74, 6) is 0. The van der Waals surface area contributed by atoms with Crippen LogP contribution in [0.5, 0.6) is 0 Å². The summed E-state index contributed by atoms with van der Waals surface area (Å²) < 4.78 is 0. The van der Waals surface area contributed by atoms with Crippen LogP contribution in [0, 0.1) is 0 Å². The van der Waals surface area contributed by atoms with Gasteiger partial charge in [0, 0.05) is 20.1 Å². The Morgan fingerprint density at radius 1 is 0.952 bits per heavy atom. The molecular formula is C16H19N3O2. The number of hydrogen-bond donors (Lipinski definition) is 2. The van der Waals surface area contributed by atoms with E-state index in [1.807, 2.05) is 60.7 Å². The van der Waals surface area contributed by atoms with E-state index in [0.29, 0.717) is 18.2 Å². The highest BCUT2D eigenvalue weighted by Gasteiger charge is 2.12. The Hall–Kier alpha value is -2.37. The van der Waals surface area contributed by atoms with Crippen molar-refractivity contribution in [3.8, 4) is 0 Å². The highest BCUT2D eigenvalue weighted by atomic mass is 16.5. The lowest BCUT2D eigenvalue weighted by molar-refractivity contribution is -0.0285. The first kappa shape index (κ1) is 15.0. The molecule has 2 rings (SSSR count). The van der Waals surface area contributed by atoms with Gasteiger partial charge >= 0.3 is 6.03 Å². The maximum absolute atomic E-state index is 11.7. The number of carbonyl (C=O) groups excluding carboxylic acids is 1. The van der Waals surface area contributed by atoms with Gasteiger partial charge in [0.05, 0.1) is 0 Å². The number of hydroxylamine groups is 2. The molecule has 0 radical (unpaired) electrons. The zero-order chi connectivity index (χ0) is 15.1. The molecule has 0 spiro atoms. The van der Waals surface area contributed by atoms with Gasteiger partial charge in [-0.3, -0.25) is 10.6 Å². The van der Waals surface area contributed by atoms with Gasteiger partial charge in [-0.25, -0.2) is 14.9 Å². The number of nitrogens with zero attached hydrogens (tertiary/aromatic N) is 2. The summed E-state index contributed by atoms with van der Waals surface area (Å²) >= 11 is 0. The van der Waals surface area contributed by atoms with Crippen molar-refractivity contribution in [2.45, 2.75) is 13.1 Å². The van der Waals surface area contributed by atoms with Gasteiger partial charge in [-0.15, -0.1) is 0 Å². The van der Waals surface area contributed by atoms with Crippen molar-refractivity contribution < 1.29 is 10.0 Å². The number of hydrogen-bond acceptors (Lipinski definition) is 3. The molecule has 0 aliphatic carbocycles. The molecule has 0 aliphatic rings. The largest absolute Gasteiger partial charge is 0.355 e. The van der Waals surface area contributed by atoms with E-state index in [4.69, 9.17) is 0 Å². The van der Waals surface area contributed by atoms with Crippen LogP contribution in [0.3, 0.4) is 0 Å². The van der Waals surface area contributed by atoms with Crippen LogP contribution in [-0.4, -0.2) is 28.4 Å². The highest BCUT2D eigenvalue weighted by Crippen LogP contribution is 2.08. The molecular weight excluding hydrogens is 266 g/mol. The van der Waals surface area contributed by atoms with Crippen molar-refractivity contribution in [2.24, 2.45) is 0 Å². The van der Waals surface area contributed by atoms with Crippen molar-refractivity contribution in [2.75, 3.05) is 7.05 Å². The van der Waals surface area contributed by atoms with Gasteiger partial charge in [0.25, 0.3) is 0 Å². The molecule has 5 nitrogen and oxygen atoms in total. The Kier molecular flexibility index (Phi) is 5.31. The van der Waals surface area contributed by atoms with Crippen LogP contribution in [0.1, 0.15) is 11.1 Å². The fourth-order valence-electron chi connectivity index (χ4n) is 1.95. The minimum Gasteiger partial charge on any atom is -0.285 e. The third-order valence-electron chi connectivity index (χ3n) is 2.98. The molecule has 2 N–H and O–H groups in total. The first-order valence-corrected chi connectivity index (χ1v) is 6.71. The molecule has 0 saturated carbocycles. The second-order valence-electron chi connectivity index (χ2n) is 4.77. The van der Waals surface area contributed by atoms with Crippen molar-refractivity contribution in [1.82, 2.24) is 15.5 Å². The highest BCUT2D eigenvalue weighted by molar-refractivity contribution is 5.71. The summed E-state index contributed by atoms with van der Waals surface area (Å²) in [5.41, 5.74) is 4.84. The second kappa shape index (κ2) is 7.42. The fraction of sp³-hybridized carbons (Fsp3) is 0.188. The summed E-state index contributed by atoms with van der Waals surface area (Å²) in [4.78, 5) is 11.7. The molecule has 0 unspecified atom stereocenters. The minimum absolute atomic E-state index is 0.531. The first-order valence-electron chi connectivity index (χ1n) is 6.71. The lowest BCUT2D eigenvalue weighted by Crippen LogP contribution is -2.46. The van der Waals surface area contributed by atoms with Crippen LogP contribution < -0.4 is 5.43 Å². The van der Waals surface area contributed by atoms with E-state index in [2.05, 4.69) is 5.43 Å². The molecule has 0 aromatic heterocycles. The third-order valence-corrected chi connectivity index (χ3v) is 2.98. The number of urea groups is 1. The van der Waals surface area contributed by atoms with E-state index in [-0.39, 0.29) is 0 Å². The van der Waals surface area contributed by atoms with Gasteiger partial charge in [-0.2, -0.15) is 0 Å². The third kappa shape index (κ3) is 4.91. The van der Waals surface area contributed by atoms with E-state index >= 15 is 0 Å². The normalized spacial score (nSPS) is 10.4. The second-order valence-corrected chi connectivity index (χ2v) is 4.77.